The van der Waals surface area contributed by atoms with Gasteiger partial charge in [0.15, 0.2) is 14.5 Å². The van der Waals surface area contributed by atoms with Gasteiger partial charge in [0.05, 0.1) is 16.7 Å². The first-order chi connectivity index (χ1) is 9.38. The fourth-order valence-corrected chi connectivity index (χ4v) is 2.64. The molecule has 106 valence electrons. The molecule has 7 heteroatoms. The monoisotopic (exact) mass is 357 g/mol. The molecule has 1 aromatic heterocycles. The van der Waals surface area contributed by atoms with Crippen LogP contribution in [0.15, 0.2) is 50.6 Å². The molecule has 0 spiro atoms. The molecule has 0 aliphatic heterocycles. The molecule has 0 fully saturated rings. The Kier molecular flexibility index (Phi) is 4.29. The van der Waals surface area contributed by atoms with Gasteiger partial charge in [0.2, 0.25) is 0 Å². The van der Waals surface area contributed by atoms with Gasteiger partial charge in [-0.15, -0.1) is 0 Å². The summed E-state index contributed by atoms with van der Waals surface area (Å²) in [4.78, 5) is 12.1. The number of carbonyl (C=O) groups is 1. The van der Waals surface area contributed by atoms with Gasteiger partial charge in [0.1, 0.15) is 0 Å². The van der Waals surface area contributed by atoms with Crippen LogP contribution in [0.1, 0.15) is 15.9 Å². The maximum Gasteiger partial charge on any atom is 0.256 e. The predicted octanol–water partition coefficient (Wildman–Crippen LogP) is 2.38. The molecule has 2 aromatic rings. The van der Waals surface area contributed by atoms with Gasteiger partial charge in [-0.05, 0) is 39.7 Å². The summed E-state index contributed by atoms with van der Waals surface area (Å²) < 4.78 is 28.0. The lowest BCUT2D eigenvalue weighted by Crippen LogP contribution is -2.22. The lowest BCUT2D eigenvalue weighted by atomic mass is 10.2. The fourth-order valence-electron chi connectivity index (χ4n) is 1.59. The number of rotatable bonds is 4. The number of hydrogen-bond donors (Lipinski definition) is 1. The van der Waals surface area contributed by atoms with E-state index in [1.54, 1.807) is 18.2 Å². The van der Waals surface area contributed by atoms with Crippen LogP contribution in [0, 0.1) is 0 Å². The fraction of sp³-hybridized carbons (Fsp3) is 0.154. The number of amides is 1. The summed E-state index contributed by atoms with van der Waals surface area (Å²) >= 11 is 3.13. The Hall–Kier alpha value is -1.60. The molecule has 0 aliphatic rings. The molecule has 1 aromatic carbocycles. The van der Waals surface area contributed by atoms with Crippen molar-refractivity contribution in [1.29, 1.82) is 0 Å². The molecule has 0 saturated carbocycles. The SMILES string of the molecule is CS(=O)(=O)c1ccc(CNC(=O)c2ccoc2Br)cc1. The minimum absolute atomic E-state index is 0.255. The Balaban J connectivity index is 2.02. The van der Waals surface area contributed by atoms with Crippen LogP contribution >= 0.6 is 15.9 Å². The zero-order valence-electron chi connectivity index (χ0n) is 10.6. The van der Waals surface area contributed by atoms with E-state index in [1.807, 2.05) is 0 Å². The summed E-state index contributed by atoms with van der Waals surface area (Å²) in [5.41, 5.74) is 1.23. The average Bonchev–Trinajstić information content (AvgIpc) is 2.82. The number of hydrogen-bond acceptors (Lipinski definition) is 4. The summed E-state index contributed by atoms with van der Waals surface area (Å²) in [5, 5.41) is 2.72. The van der Waals surface area contributed by atoms with Crippen molar-refractivity contribution in [3.8, 4) is 0 Å². The Bertz CT molecular complexity index is 719. The molecular weight excluding hydrogens is 346 g/mol. The van der Waals surface area contributed by atoms with Crippen LogP contribution in [0.4, 0.5) is 0 Å². The minimum atomic E-state index is -3.20. The summed E-state index contributed by atoms with van der Waals surface area (Å²) in [6.45, 7) is 0.306. The molecule has 5 nitrogen and oxygen atoms in total. The molecule has 2 rings (SSSR count). The standard InChI is InChI=1S/C13H12BrNO4S/c1-20(17,18)10-4-2-9(3-5-10)8-15-13(16)11-6-7-19-12(11)14/h2-7H,8H2,1H3,(H,15,16). The maximum absolute atomic E-state index is 11.8. The lowest BCUT2D eigenvalue weighted by molar-refractivity contribution is 0.0949. The van der Waals surface area contributed by atoms with Crippen LogP contribution < -0.4 is 5.32 Å². The topological polar surface area (TPSA) is 76.4 Å². The van der Waals surface area contributed by atoms with Gasteiger partial charge in [0.25, 0.3) is 5.91 Å². The Morgan fingerprint density at radius 2 is 1.90 bits per heavy atom. The van der Waals surface area contributed by atoms with Gasteiger partial charge in [0, 0.05) is 12.8 Å². The summed E-state index contributed by atoms with van der Waals surface area (Å²) in [5.74, 6) is -0.266. The number of carbonyl (C=O) groups excluding carboxylic acids is 1. The van der Waals surface area contributed by atoms with Crippen molar-refractivity contribution < 1.29 is 17.6 Å². The Labute approximate surface area is 125 Å². The number of benzene rings is 1. The molecular formula is C13H12BrNO4S. The normalized spacial score (nSPS) is 11.3. The van der Waals surface area contributed by atoms with Crippen molar-refractivity contribution in [3.63, 3.8) is 0 Å². The molecule has 0 radical (unpaired) electrons. The summed E-state index contributed by atoms with van der Waals surface area (Å²) in [7, 11) is -3.20. The highest BCUT2D eigenvalue weighted by atomic mass is 79.9. The van der Waals surface area contributed by atoms with E-state index in [1.165, 1.54) is 18.4 Å². The van der Waals surface area contributed by atoms with E-state index in [0.717, 1.165) is 11.8 Å². The second-order valence-electron chi connectivity index (χ2n) is 4.21. The smallest absolute Gasteiger partial charge is 0.256 e. The van der Waals surface area contributed by atoms with Crippen LogP contribution in [-0.2, 0) is 16.4 Å². The van der Waals surface area contributed by atoms with Crippen LogP contribution in [0.2, 0.25) is 0 Å². The van der Waals surface area contributed by atoms with Gasteiger partial charge in [-0.1, -0.05) is 12.1 Å². The number of nitrogens with one attached hydrogen (secondary N) is 1. The van der Waals surface area contributed by atoms with E-state index in [4.69, 9.17) is 4.42 Å². The van der Waals surface area contributed by atoms with Crippen molar-refractivity contribution in [2.24, 2.45) is 0 Å². The predicted molar refractivity (Wildman–Crippen MR) is 77.1 cm³/mol. The number of furan rings is 1. The number of halogens is 1. The van der Waals surface area contributed by atoms with E-state index in [0.29, 0.717) is 16.8 Å². The molecule has 1 amide bonds. The van der Waals surface area contributed by atoms with Crippen LogP contribution in [0.25, 0.3) is 0 Å². The van der Waals surface area contributed by atoms with Gasteiger partial charge >= 0.3 is 0 Å². The zero-order valence-corrected chi connectivity index (χ0v) is 13.0. The molecule has 1 N–H and O–H groups in total. The largest absolute Gasteiger partial charge is 0.457 e. The second-order valence-corrected chi connectivity index (χ2v) is 6.94. The Morgan fingerprint density at radius 1 is 1.25 bits per heavy atom. The lowest BCUT2D eigenvalue weighted by Gasteiger charge is -2.05. The van der Waals surface area contributed by atoms with E-state index in [9.17, 15) is 13.2 Å². The van der Waals surface area contributed by atoms with Crippen LogP contribution in [-0.4, -0.2) is 20.6 Å². The molecule has 1 heterocycles. The highest BCUT2D eigenvalue weighted by Gasteiger charge is 2.12. The van der Waals surface area contributed by atoms with Crippen LogP contribution in [0.3, 0.4) is 0 Å². The molecule has 0 atom stereocenters. The van der Waals surface area contributed by atoms with Crippen molar-refractivity contribution >= 4 is 31.7 Å². The average molecular weight is 358 g/mol. The second kappa shape index (κ2) is 5.80. The van der Waals surface area contributed by atoms with Crippen molar-refractivity contribution in [1.82, 2.24) is 5.32 Å². The third-order valence-electron chi connectivity index (χ3n) is 2.67. The van der Waals surface area contributed by atoms with Crippen molar-refractivity contribution in [2.75, 3.05) is 6.26 Å². The van der Waals surface area contributed by atoms with Gasteiger partial charge in [-0.25, -0.2) is 8.42 Å². The van der Waals surface area contributed by atoms with E-state index in [-0.39, 0.29) is 10.8 Å². The summed E-state index contributed by atoms with van der Waals surface area (Å²) in [6.07, 6.45) is 2.57. The van der Waals surface area contributed by atoms with Crippen molar-refractivity contribution in [2.45, 2.75) is 11.4 Å². The highest BCUT2D eigenvalue weighted by molar-refractivity contribution is 9.10. The van der Waals surface area contributed by atoms with Gasteiger partial charge < -0.3 is 9.73 Å². The van der Waals surface area contributed by atoms with E-state index in [2.05, 4.69) is 21.2 Å². The third kappa shape index (κ3) is 3.49. The first kappa shape index (κ1) is 14.8. The van der Waals surface area contributed by atoms with Crippen LogP contribution in [0.5, 0.6) is 0 Å². The zero-order chi connectivity index (χ0) is 14.8. The number of sulfone groups is 1. The summed E-state index contributed by atoms with van der Waals surface area (Å²) in [6, 6.07) is 7.93. The first-order valence-corrected chi connectivity index (χ1v) is 8.36. The maximum atomic E-state index is 11.8. The van der Waals surface area contributed by atoms with E-state index < -0.39 is 9.84 Å². The molecule has 0 bridgehead atoms. The van der Waals surface area contributed by atoms with Gasteiger partial charge in [-0.2, -0.15) is 0 Å². The van der Waals surface area contributed by atoms with Gasteiger partial charge in [-0.3, -0.25) is 4.79 Å². The molecule has 0 unspecified atom stereocenters. The molecule has 0 saturated heterocycles. The minimum Gasteiger partial charge on any atom is -0.457 e. The van der Waals surface area contributed by atoms with Crippen molar-refractivity contribution in [3.05, 3.63) is 52.4 Å². The highest BCUT2D eigenvalue weighted by Crippen LogP contribution is 2.17. The molecule has 0 aliphatic carbocycles. The quantitative estimate of drug-likeness (QED) is 0.911. The molecule has 20 heavy (non-hydrogen) atoms. The van der Waals surface area contributed by atoms with E-state index >= 15 is 0 Å². The Morgan fingerprint density at radius 3 is 2.40 bits per heavy atom. The first-order valence-electron chi connectivity index (χ1n) is 5.68. The third-order valence-corrected chi connectivity index (χ3v) is 4.41.